The van der Waals surface area contributed by atoms with Crippen LogP contribution in [0.3, 0.4) is 0 Å². The van der Waals surface area contributed by atoms with Crippen LogP contribution in [0.5, 0.6) is 0 Å². The fraction of sp³-hybridized carbons (Fsp3) is 0.789. The van der Waals surface area contributed by atoms with Crippen LogP contribution in [0.25, 0.3) is 0 Å². The van der Waals surface area contributed by atoms with Crippen LogP contribution in [0.1, 0.15) is 63.8 Å². The number of carbonyl (C=O) groups excluding carboxylic acids is 1. The number of urea groups is 1. The third-order valence-electron chi connectivity index (χ3n) is 6.44. The van der Waals surface area contributed by atoms with E-state index in [2.05, 4.69) is 10.4 Å². The molecule has 0 bridgehead atoms. The van der Waals surface area contributed by atoms with Gasteiger partial charge in [-0.05, 0) is 50.4 Å². The smallest absolute Gasteiger partial charge is 0.322 e. The summed E-state index contributed by atoms with van der Waals surface area (Å²) >= 11 is 0. The summed E-state index contributed by atoms with van der Waals surface area (Å²) in [6.07, 6.45) is 12.7. The Morgan fingerprint density at radius 1 is 1.12 bits per heavy atom. The van der Waals surface area contributed by atoms with Gasteiger partial charge in [0.2, 0.25) is 0 Å². The van der Waals surface area contributed by atoms with Gasteiger partial charge in [0.15, 0.2) is 0 Å². The second-order valence-corrected chi connectivity index (χ2v) is 7.98. The molecule has 6 heteroatoms. The molecule has 1 N–H and O–H groups in total. The monoisotopic (exact) mass is 346 g/mol. The van der Waals surface area contributed by atoms with Crippen molar-refractivity contribution in [1.82, 2.24) is 14.7 Å². The van der Waals surface area contributed by atoms with Gasteiger partial charge >= 0.3 is 6.03 Å². The van der Waals surface area contributed by atoms with E-state index in [4.69, 9.17) is 4.74 Å². The minimum atomic E-state index is 0.0313. The van der Waals surface area contributed by atoms with Crippen LogP contribution in [-0.4, -0.2) is 47.0 Å². The average Bonchev–Trinajstić information content (AvgIpc) is 3.23. The topological polar surface area (TPSA) is 59.4 Å². The van der Waals surface area contributed by atoms with Crippen molar-refractivity contribution in [2.24, 2.45) is 5.41 Å². The number of rotatable bonds is 2. The Balaban J connectivity index is 1.38. The first-order valence-corrected chi connectivity index (χ1v) is 9.93. The summed E-state index contributed by atoms with van der Waals surface area (Å²) < 4.78 is 7.41. The number of hydrogen-bond donors (Lipinski definition) is 1. The Bertz CT molecular complexity index is 588. The summed E-state index contributed by atoms with van der Waals surface area (Å²) in [6.45, 7) is 3.30. The van der Waals surface area contributed by atoms with Gasteiger partial charge in [-0.1, -0.05) is 12.8 Å². The summed E-state index contributed by atoms with van der Waals surface area (Å²) in [4.78, 5) is 14.8. The molecule has 0 atom stereocenters. The number of nitrogens with zero attached hydrogens (tertiary/aromatic N) is 3. The quantitative estimate of drug-likeness (QED) is 0.886. The summed E-state index contributed by atoms with van der Waals surface area (Å²) in [5.74, 6) is 0.816. The molecule has 3 aliphatic rings. The van der Waals surface area contributed by atoms with Gasteiger partial charge in [-0.25, -0.2) is 9.48 Å². The lowest BCUT2D eigenvalue weighted by atomic mass is 9.79. The fourth-order valence-electron chi connectivity index (χ4n) is 4.90. The lowest BCUT2D eigenvalue weighted by molar-refractivity contribution is 0.0668. The highest BCUT2D eigenvalue weighted by Crippen LogP contribution is 2.46. The molecule has 4 rings (SSSR count). The standard InChI is InChI=1S/C19H30N4O2/c24-18(22-12-3-9-19(10-13-22)7-1-2-8-19)21-17-4-11-20-23(17)16-5-14-25-15-6-16/h4,11,16H,1-3,5-10,12-15H2,(H,21,24). The SMILES string of the molecule is O=C(Nc1ccnn1C1CCOCC1)N1CCCC2(CCCC2)CC1. The van der Waals surface area contributed by atoms with Crippen LogP contribution in [0.2, 0.25) is 0 Å². The van der Waals surface area contributed by atoms with Gasteiger partial charge in [-0.3, -0.25) is 5.32 Å². The molecule has 1 spiro atoms. The number of carbonyl (C=O) groups is 1. The number of nitrogens with one attached hydrogen (secondary N) is 1. The molecular formula is C19H30N4O2. The largest absolute Gasteiger partial charge is 0.381 e. The van der Waals surface area contributed by atoms with Crippen LogP contribution >= 0.6 is 0 Å². The van der Waals surface area contributed by atoms with Crippen molar-refractivity contribution in [2.75, 3.05) is 31.6 Å². The van der Waals surface area contributed by atoms with Crippen molar-refractivity contribution in [3.05, 3.63) is 12.3 Å². The number of likely N-dealkylation sites (tertiary alicyclic amines) is 1. The second-order valence-electron chi connectivity index (χ2n) is 7.98. The molecule has 25 heavy (non-hydrogen) atoms. The van der Waals surface area contributed by atoms with E-state index < -0.39 is 0 Å². The first-order chi connectivity index (χ1) is 12.3. The predicted octanol–water partition coefficient (Wildman–Crippen LogP) is 3.81. The van der Waals surface area contributed by atoms with Gasteiger partial charge in [0.05, 0.1) is 12.2 Å². The maximum atomic E-state index is 12.8. The van der Waals surface area contributed by atoms with Crippen molar-refractivity contribution >= 4 is 11.8 Å². The zero-order chi connectivity index (χ0) is 17.1. The van der Waals surface area contributed by atoms with Gasteiger partial charge in [0.1, 0.15) is 5.82 Å². The van der Waals surface area contributed by atoms with E-state index >= 15 is 0 Å². The molecule has 2 aliphatic heterocycles. The van der Waals surface area contributed by atoms with Gasteiger partial charge in [-0.15, -0.1) is 0 Å². The molecular weight excluding hydrogens is 316 g/mol. The number of hydrogen-bond acceptors (Lipinski definition) is 3. The molecule has 1 aliphatic carbocycles. The molecule has 2 amide bonds. The maximum Gasteiger partial charge on any atom is 0.322 e. The zero-order valence-electron chi connectivity index (χ0n) is 15.1. The lowest BCUT2D eigenvalue weighted by Gasteiger charge is -2.28. The van der Waals surface area contributed by atoms with Crippen molar-refractivity contribution in [3.8, 4) is 0 Å². The Kier molecular flexibility index (Phi) is 4.97. The van der Waals surface area contributed by atoms with E-state index in [1.807, 2.05) is 15.6 Å². The number of aromatic nitrogens is 2. The van der Waals surface area contributed by atoms with Crippen LogP contribution in [-0.2, 0) is 4.74 Å². The first kappa shape index (κ1) is 16.9. The highest BCUT2D eigenvalue weighted by molar-refractivity contribution is 5.88. The molecule has 3 heterocycles. The Hall–Kier alpha value is -1.56. The minimum Gasteiger partial charge on any atom is -0.381 e. The Morgan fingerprint density at radius 2 is 1.88 bits per heavy atom. The Labute approximate surface area is 149 Å². The molecule has 138 valence electrons. The Morgan fingerprint density at radius 3 is 2.68 bits per heavy atom. The highest BCUT2D eigenvalue weighted by atomic mass is 16.5. The molecule has 0 unspecified atom stereocenters. The van der Waals surface area contributed by atoms with E-state index in [-0.39, 0.29) is 6.03 Å². The van der Waals surface area contributed by atoms with E-state index in [1.54, 1.807) is 6.20 Å². The second kappa shape index (κ2) is 7.36. The minimum absolute atomic E-state index is 0.0313. The van der Waals surface area contributed by atoms with E-state index in [9.17, 15) is 4.79 Å². The summed E-state index contributed by atoms with van der Waals surface area (Å²) in [5, 5.41) is 7.55. The summed E-state index contributed by atoms with van der Waals surface area (Å²) in [6, 6.07) is 2.26. The molecule has 2 saturated heterocycles. The first-order valence-electron chi connectivity index (χ1n) is 9.93. The van der Waals surface area contributed by atoms with Crippen molar-refractivity contribution in [1.29, 1.82) is 0 Å². The molecule has 1 aromatic rings. The third-order valence-corrected chi connectivity index (χ3v) is 6.44. The maximum absolute atomic E-state index is 12.8. The third kappa shape index (κ3) is 3.68. The van der Waals surface area contributed by atoms with E-state index in [0.29, 0.717) is 11.5 Å². The predicted molar refractivity (Wildman–Crippen MR) is 96.7 cm³/mol. The van der Waals surface area contributed by atoms with E-state index in [0.717, 1.165) is 51.4 Å². The van der Waals surface area contributed by atoms with Gasteiger partial charge in [0, 0.05) is 32.4 Å². The van der Waals surface area contributed by atoms with Gasteiger partial charge in [-0.2, -0.15) is 5.10 Å². The molecule has 1 saturated carbocycles. The van der Waals surface area contributed by atoms with Crippen molar-refractivity contribution in [3.63, 3.8) is 0 Å². The van der Waals surface area contributed by atoms with Crippen LogP contribution < -0.4 is 5.32 Å². The zero-order valence-corrected chi connectivity index (χ0v) is 15.1. The average molecular weight is 346 g/mol. The normalized spacial score (nSPS) is 24.4. The molecule has 3 fully saturated rings. The number of anilines is 1. The highest BCUT2D eigenvalue weighted by Gasteiger charge is 2.36. The molecule has 6 nitrogen and oxygen atoms in total. The van der Waals surface area contributed by atoms with E-state index in [1.165, 1.54) is 38.5 Å². The summed E-state index contributed by atoms with van der Waals surface area (Å²) in [5.41, 5.74) is 0.527. The molecule has 0 radical (unpaired) electrons. The number of ether oxygens (including phenoxy) is 1. The van der Waals surface area contributed by atoms with Crippen LogP contribution in [0, 0.1) is 5.41 Å². The summed E-state index contributed by atoms with van der Waals surface area (Å²) in [7, 11) is 0. The van der Waals surface area contributed by atoms with Gasteiger partial charge < -0.3 is 9.64 Å². The van der Waals surface area contributed by atoms with Crippen LogP contribution in [0.4, 0.5) is 10.6 Å². The van der Waals surface area contributed by atoms with Gasteiger partial charge in [0.25, 0.3) is 0 Å². The number of amides is 2. The molecule has 0 aromatic carbocycles. The van der Waals surface area contributed by atoms with Crippen molar-refractivity contribution in [2.45, 2.75) is 63.8 Å². The molecule has 1 aromatic heterocycles. The van der Waals surface area contributed by atoms with Crippen molar-refractivity contribution < 1.29 is 9.53 Å². The fourth-order valence-corrected chi connectivity index (χ4v) is 4.90. The lowest BCUT2D eigenvalue weighted by Crippen LogP contribution is -2.37. The van der Waals surface area contributed by atoms with Crippen LogP contribution in [0.15, 0.2) is 12.3 Å².